The third-order valence-corrected chi connectivity index (χ3v) is 5.79. The number of rotatable bonds is 7. The summed E-state index contributed by atoms with van der Waals surface area (Å²) >= 11 is 0. The van der Waals surface area contributed by atoms with Crippen molar-refractivity contribution in [1.29, 1.82) is 0 Å². The molecule has 0 saturated carbocycles. The lowest BCUT2D eigenvalue weighted by molar-refractivity contribution is -0.136. The minimum atomic E-state index is -3.89. The number of ether oxygens (including phenoxy) is 1. The number of hydrogen-bond donors (Lipinski definition) is 1. The van der Waals surface area contributed by atoms with Gasteiger partial charge in [-0.2, -0.15) is 4.72 Å². The zero-order valence-corrected chi connectivity index (χ0v) is 16.9. The van der Waals surface area contributed by atoms with Gasteiger partial charge in [0, 0.05) is 17.5 Å². The predicted octanol–water partition coefficient (Wildman–Crippen LogP) is 3.15. The van der Waals surface area contributed by atoms with Crippen LogP contribution in [0.2, 0.25) is 0 Å². The largest absolute Gasteiger partial charge is 0.425 e. The topological polar surface area (TPSA) is 103 Å². The van der Waals surface area contributed by atoms with Gasteiger partial charge in [-0.3, -0.25) is 0 Å². The summed E-state index contributed by atoms with van der Waals surface area (Å²) < 4.78 is 38.1. The molecule has 1 aromatic heterocycles. The van der Waals surface area contributed by atoms with Crippen LogP contribution in [0.25, 0.3) is 11.0 Å². The number of sulfonamides is 1. The van der Waals surface area contributed by atoms with Crippen LogP contribution in [0.5, 0.6) is 5.75 Å². The van der Waals surface area contributed by atoms with Crippen LogP contribution in [-0.2, 0) is 14.8 Å². The van der Waals surface area contributed by atoms with Crippen molar-refractivity contribution in [2.45, 2.75) is 37.6 Å². The number of carbonyl (C=O) groups excluding carboxylic acids is 1. The Morgan fingerprint density at radius 1 is 1.10 bits per heavy atom. The van der Waals surface area contributed by atoms with Crippen LogP contribution in [0.3, 0.4) is 0 Å². The molecule has 0 aliphatic carbocycles. The Hall–Kier alpha value is -2.97. The Bertz CT molecular complexity index is 1180. The highest BCUT2D eigenvalue weighted by atomic mass is 32.2. The van der Waals surface area contributed by atoms with Crippen LogP contribution in [-0.4, -0.2) is 20.4 Å². The van der Waals surface area contributed by atoms with Gasteiger partial charge >= 0.3 is 11.6 Å². The molecule has 0 aliphatic heterocycles. The molecule has 2 aromatic carbocycles. The minimum Gasteiger partial charge on any atom is -0.425 e. The van der Waals surface area contributed by atoms with Crippen molar-refractivity contribution in [1.82, 2.24) is 4.72 Å². The summed E-state index contributed by atoms with van der Waals surface area (Å²) in [6, 6.07) is 12.8. The molecule has 1 heterocycles. The summed E-state index contributed by atoms with van der Waals surface area (Å²) in [6.45, 7) is 3.69. The monoisotopic (exact) mass is 415 g/mol. The zero-order valence-electron chi connectivity index (χ0n) is 16.0. The Labute approximate surface area is 168 Å². The lowest BCUT2D eigenvalue weighted by Crippen LogP contribution is -2.42. The van der Waals surface area contributed by atoms with E-state index in [4.69, 9.17) is 9.15 Å². The van der Waals surface area contributed by atoms with Crippen LogP contribution in [0.1, 0.15) is 25.3 Å². The second kappa shape index (κ2) is 8.59. The number of esters is 1. The van der Waals surface area contributed by atoms with Gasteiger partial charge < -0.3 is 9.15 Å². The van der Waals surface area contributed by atoms with E-state index in [0.717, 1.165) is 5.56 Å². The smallest absolute Gasteiger partial charge is 0.336 e. The third kappa shape index (κ3) is 5.10. The predicted molar refractivity (Wildman–Crippen MR) is 108 cm³/mol. The molecule has 152 valence electrons. The Morgan fingerprint density at radius 3 is 2.48 bits per heavy atom. The molecule has 0 amide bonds. The van der Waals surface area contributed by atoms with Gasteiger partial charge in [-0.25, -0.2) is 18.0 Å². The summed E-state index contributed by atoms with van der Waals surface area (Å²) in [5, 5.41) is 0.676. The van der Waals surface area contributed by atoms with E-state index >= 15 is 0 Å². The second-order valence-electron chi connectivity index (χ2n) is 6.65. The minimum absolute atomic E-state index is 0.0736. The Balaban J connectivity index is 1.80. The van der Waals surface area contributed by atoms with E-state index in [9.17, 15) is 18.0 Å². The van der Waals surface area contributed by atoms with E-state index < -0.39 is 27.7 Å². The van der Waals surface area contributed by atoms with Crippen molar-refractivity contribution in [3.63, 3.8) is 0 Å². The Morgan fingerprint density at radius 2 is 1.79 bits per heavy atom. The van der Waals surface area contributed by atoms with Gasteiger partial charge in [0.15, 0.2) is 0 Å². The molecule has 1 N–H and O–H groups in total. The molecule has 0 fully saturated rings. The van der Waals surface area contributed by atoms with Crippen molar-refractivity contribution < 1.29 is 22.4 Å². The molecule has 7 nitrogen and oxygen atoms in total. The summed E-state index contributed by atoms with van der Waals surface area (Å²) in [4.78, 5) is 24.1. The number of carbonyl (C=O) groups is 1. The maximum Gasteiger partial charge on any atom is 0.336 e. The maximum absolute atomic E-state index is 12.6. The fraction of sp³-hybridized carbons (Fsp3) is 0.238. The van der Waals surface area contributed by atoms with Gasteiger partial charge in [0.2, 0.25) is 10.0 Å². The van der Waals surface area contributed by atoms with E-state index in [1.807, 2.05) is 13.8 Å². The van der Waals surface area contributed by atoms with Gasteiger partial charge in [0.1, 0.15) is 17.4 Å². The molecular formula is C21H21NO6S. The van der Waals surface area contributed by atoms with E-state index in [0.29, 0.717) is 11.8 Å². The van der Waals surface area contributed by atoms with Gasteiger partial charge in [-0.1, -0.05) is 31.0 Å². The zero-order chi connectivity index (χ0) is 21.0. The number of nitrogens with one attached hydrogen (secondary N) is 1. The van der Waals surface area contributed by atoms with E-state index in [1.165, 1.54) is 24.3 Å². The average molecular weight is 415 g/mol. The molecule has 0 saturated heterocycles. The number of aryl methyl sites for hydroxylation is 1. The highest BCUT2D eigenvalue weighted by Crippen LogP contribution is 2.20. The second-order valence-corrected chi connectivity index (χ2v) is 8.36. The van der Waals surface area contributed by atoms with Crippen molar-refractivity contribution in [3.8, 4) is 5.75 Å². The standard InChI is InChI=1S/C21H21NO6S/c1-3-4-18(22-29(25,26)17-10-5-14(2)6-11-17)21(24)27-16-9-7-15-8-12-20(23)28-19(15)13-16/h5-13,18,22H,3-4H2,1-2H3/t18-/m0/s1. The fourth-order valence-corrected chi connectivity index (χ4v) is 4.00. The average Bonchev–Trinajstić information content (AvgIpc) is 2.67. The SMILES string of the molecule is CCC[C@H](NS(=O)(=O)c1ccc(C)cc1)C(=O)Oc1ccc2ccc(=O)oc2c1. The molecule has 3 aromatic rings. The lowest BCUT2D eigenvalue weighted by atomic mass is 10.2. The fourth-order valence-electron chi connectivity index (χ4n) is 2.78. The first-order chi connectivity index (χ1) is 13.8. The van der Waals surface area contributed by atoms with Gasteiger partial charge in [-0.15, -0.1) is 0 Å². The van der Waals surface area contributed by atoms with Gasteiger partial charge in [-0.05, 0) is 43.7 Å². The summed E-state index contributed by atoms with van der Waals surface area (Å²) in [6.07, 6.45) is 0.843. The highest BCUT2D eigenvalue weighted by Gasteiger charge is 2.27. The van der Waals surface area contributed by atoms with E-state index in [1.54, 1.807) is 30.3 Å². The van der Waals surface area contributed by atoms with Crippen LogP contribution < -0.4 is 15.1 Å². The molecule has 8 heteroatoms. The number of benzene rings is 2. The molecule has 0 radical (unpaired) electrons. The number of fused-ring (bicyclic) bond motifs is 1. The molecule has 0 spiro atoms. The first-order valence-electron chi connectivity index (χ1n) is 9.13. The van der Waals surface area contributed by atoms with E-state index in [2.05, 4.69) is 4.72 Å². The van der Waals surface area contributed by atoms with Crippen molar-refractivity contribution in [2.24, 2.45) is 0 Å². The van der Waals surface area contributed by atoms with Gasteiger partial charge in [0.25, 0.3) is 0 Å². The van der Waals surface area contributed by atoms with Crippen LogP contribution >= 0.6 is 0 Å². The Kier molecular flexibility index (Phi) is 6.14. The summed E-state index contributed by atoms with van der Waals surface area (Å²) in [5.41, 5.74) is 0.683. The molecular weight excluding hydrogens is 394 g/mol. The first kappa shape index (κ1) is 20.8. The van der Waals surface area contributed by atoms with E-state index in [-0.39, 0.29) is 22.6 Å². The van der Waals surface area contributed by atoms with Crippen LogP contribution in [0.15, 0.2) is 68.7 Å². The van der Waals surface area contributed by atoms with Crippen LogP contribution in [0.4, 0.5) is 0 Å². The quantitative estimate of drug-likeness (QED) is 0.361. The summed E-state index contributed by atoms with van der Waals surface area (Å²) in [7, 11) is -3.89. The third-order valence-electron chi connectivity index (χ3n) is 4.30. The van der Waals surface area contributed by atoms with Crippen LogP contribution in [0, 0.1) is 6.92 Å². The van der Waals surface area contributed by atoms with Crippen molar-refractivity contribution >= 4 is 27.0 Å². The normalized spacial score (nSPS) is 12.6. The molecule has 3 rings (SSSR count). The summed E-state index contributed by atoms with van der Waals surface area (Å²) in [5.74, 6) is -0.576. The molecule has 0 unspecified atom stereocenters. The molecule has 29 heavy (non-hydrogen) atoms. The lowest BCUT2D eigenvalue weighted by Gasteiger charge is -2.17. The number of hydrogen-bond acceptors (Lipinski definition) is 6. The maximum atomic E-state index is 12.6. The molecule has 0 aliphatic rings. The van der Waals surface area contributed by atoms with Crippen molar-refractivity contribution in [3.05, 3.63) is 70.6 Å². The first-order valence-corrected chi connectivity index (χ1v) is 10.6. The molecule has 0 bridgehead atoms. The van der Waals surface area contributed by atoms with Crippen molar-refractivity contribution in [2.75, 3.05) is 0 Å². The van der Waals surface area contributed by atoms with Gasteiger partial charge in [0.05, 0.1) is 4.90 Å². The molecule has 1 atom stereocenters. The highest BCUT2D eigenvalue weighted by molar-refractivity contribution is 7.89.